The number of hydrogen-bond donors (Lipinski definition) is 4. The van der Waals surface area contributed by atoms with E-state index in [-0.39, 0.29) is 16.3 Å². The van der Waals surface area contributed by atoms with Crippen LogP contribution in [0.15, 0.2) is 54.7 Å². The van der Waals surface area contributed by atoms with Crippen molar-refractivity contribution in [2.24, 2.45) is 5.73 Å². The molecule has 1 unspecified atom stereocenters. The Morgan fingerprint density at radius 3 is 2.51 bits per heavy atom. The highest BCUT2D eigenvalue weighted by molar-refractivity contribution is 7.09. The fourth-order valence-electron chi connectivity index (χ4n) is 4.04. The average molecular weight is 521 g/mol. The van der Waals surface area contributed by atoms with Crippen LogP contribution in [0.1, 0.15) is 52.5 Å². The van der Waals surface area contributed by atoms with Gasteiger partial charge in [-0.2, -0.15) is 4.37 Å². The number of fused-ring (bicyclic) bond motifs is 1. The number of nitrogen functional groups attached to an aromatic ring is 1. The molecule has 10 nitrogen and oxygen atoms in total. The summed E-state index contributed by atoms with van der Waals surface area (Å²) in [5.41, 5.74) is 12.4. The normalized spacial score (nSPS) is 12.2. The molecule has 0 spiro atoms. The highest BCUT2D eigenvalue weighted by atomic mass is 32.1. The molecular formula is C26H28N6O4S. The minimum atomic E-state index is -1.12. The molecule has 6 N–H and O–H groups in total. The van der Waals surface area contributed by atoms with Crippen LogP contribution in [0.25, 0.3) is 10.9 Å². The van der Waals surface area contributed by atoms with Gasteiger partial charge in [0.15, 0.2) is 5.69 Å². The van der Waals surface area contributed by atoms with Gasteiger partial charge in [0.2, 0.25) is 5.91 Å². The Kier molecular flexibility index (Phi) is 6.90. The van der Waals surface area contributed by atoms with Gasteiger partial charge < -0.3 is 26.5 Å². The van der Waals surface area contributed by atoms with E-state index in [1.165, 1.54) is 12.0 Å². The van der Waals surface area contributed by atoms with Crippen molar-refractivity contribution in [3.8, 4) is 5.75 Å². The molecule has 0 aliphatic heterocycles. The van der Waals surface area contributed by atoms with E-state index in [2.05, 4.69) is 14.7 Å². The number of primary amides is 1. The Bertz CT molecular complexity index is 1490. The number of nitrogens with one attached hydrogen (secondary N) is 2. The maximum Gasteiger partial charge on any atom is 0.273 e. The number of aromatic amines is 1. The number of carbonyl (C=O) groups excluding carboxylic acids is 3. The number of nitrogens with two attached hydrogens (primary N) is 2. The van der Waals surface area contributed by atoms with Crippen LogP contribution >= 0.6 is 11.5 Å². The zero-order valence-electron chi connectivity index (χ0n) is 20.9. The Balaban J connectivity index is 1.97. The maximum atomic E-state index is 14.2. The third-order valence-corrected chi connectivity index (χ3v) is 6.48. The number of benzene rings is 2. The Labute approximate surface area is 217 Å². The second kappa shape index (κ2) is 9.94. The Morgan fingerprint density at radius 1 is 1.14 bits per heavy atom. The van der Waals surface area contributed by atoms with E-state index in [9.17, 15) is 14.4 Å². The summed E-state index contributed by atoms with van der Waals surface area (Å²) in [5.74, 6) is -1.39. The molecule has 0 aliphatic carbocycles. The molecule has 2 aromatic heterocycles. The summed E-state index contributed by atoms with van der Waals surface area (Å²) < 4.78 is 9.38. The van der Waals surface area contributed by atoms with Gasteiger partial charge in [-0.1, -0.05) is 24.3 Å². The summed E-state index contributed by atoms with van der Waals surface area (Å²) in [6.07, 6.45) is 1.71. The van der Waals surface area contributed by atoms with Crippen molar-refractivity contribution in [1.82, 2.24) is 14.7 Å². The van der Waals surface area contributed by atoms with Crippen molar-refractivity contribution in [3.63, 3.8) is 0 Å². The number of hydrogen-bond acceptors (Lipinski definition) is 7. The number of ether oxygens (including phenoxy) is 1. The van der Waals surface area contributed by atoms with Crippen molar-refractivity contribution in [1.29, 1.82) is 0 Å². The second-order valence-corrected chi connectivity index (χ2v) is 10.2. The van der Waals surface area contributed by atoms with Crippen LogP contribution in [0.3, 0.4) is 0 Å². The second-order valence-electron chi connectivity index (χ2n) is 9.45. The molecule has 0 saturated heterocycles. The molecule has 2 aromatic carbocycles. The summed E-state index contributed by atoms with van der Waals surface area (Å²) in [4.78, 5) is 44.4. The van der Waals surface area contributed by atoms with Crippen molar-refractivity contribution in [3.05, 3.63) is 70.9 Å². The van der Waals surface area contributed by atoms with Crippen molar-refractivity contribution in [2.45, 2.75) is 32.4 Å². The summed E-state index contributed by atoms with van der Waals surface area (Å²) in [6, 6.07) is 13.2. The molecule has 4 aromatic rings. The standard InChI is InChI=1S/C26H28N6O4S/c1-26(2,3)30-24(34)21(17-13-29-18-11-6-5-10-16(17)18)32(14-8-7-9-15(12-14)36-4)25(35)22-19(27)20(23(28)33)31-37-22/h5-13,21,29H,27H2,1-4H3,(H2,28,33)(H,30,34). The van der Waals surface area contributed by atoms with Crippen molar-refractivity contribution < 1.29 is 19.1 Å². The Morgan fingerprint density at radius 2 is 1.86 bits per heavy atom. The van der Waals surface area contributed by atoms with Crippen LogP contribution in [-0.2, 0) is 4.79 Å². The minimum absolute atomic E-state index is 0.00924. The first-order valence-electron chi connectivity index (χ1n) is 11.4. The predicted molar refractivity (Wildman–Crippen MR) is 144 cm³/mol. The fourth-order valence-corrected chi connectivity index (χ4v) is 4.78. The smallest absolute Gasteiger partial charge is 0.273 e. The van der Waals surface area contributed by atoms with Gasteiger partial charge in [-0.25, -0.2) is 0 Å². The minimum Gasteiger partial charge on any atom is -0.497 e. The van der Waals surface area contributed by atoms with Crippen LogP contribution in [0, 0.1) is 0 Å². The van der Waals surface area contributed by atoms with Crippen molar-refractivity contribution >= 4 is 51.5 Å². The summed E-state index contributed by atoms with van der Waals surface area (Å²) in [5, 5.41) is 3.77. The number of rotatable bonds is 7. The zero-order chi connectivity index (χ0) is 26.9. The molecule has 0 saturated carbocycles. The molecule has 0 radical (unpaired) electrons. The number of para-hydroxylation sites is 1. The van der Waals surface area contributed by atoms with E-state index in [0.717, 1.165) is 22.4 Å². The number of H-pyrrole nitrogens is 1. The van der Waals surface area contributed by atoms with E-state index < -0.39 is 29.3 Å². The number of aromatic nitrogens is 2. The molecule has 0 bridgehead atoms. The Hall–Kier alpha value is -4.38. The monoisotopic (exact) mass is 520 g/mol. The lowest BCUT2D eigenvalue weighted by atomic mass is 9.99. The van der Waals surface area contributed by atoms with E-state index in [1.807, 2.05) is 45.0 Å². The quantitative estimate of drug-likeness (QED) is 0.292. The van der Waals surface area contributed by atoms with Crippen LogP contribution in [0.2, 0.25) is 0 Å². The number of methoxy groups -OCH3 is 1. The van der Waals surface area contributed by atoms with Gasteiger partial charge >= 0.3 is 0 Å². The van der Waals surface area contributed by atoms with E-state index in [4.69, 9.17) is 16.2 Å². The lowest BCUT2D eigenvalue weighted by Gasteiger charge is -2.33. The zero-order valence-corrected chi connectivity index (χ0v) is 21.7. The number of amides is 3. The lowest BCUT2D eigenvalue weighted by molar-refractivity contribution is -0.123. The first-order valence-corrected chi connectivity index (χ1v) is 12.2. The largest absolute Gasteiger partial charge is 0.497 e. The molecule has 37 heavy (non-hydrogen) atoms. The van der Waals surface area contributed by atoms with Gasteiger partial charge in [0.25, 0.3) is 11.8 Å². The highest BCUT2D eigenvalue weighted by Gasteiger charge is 2.38. The van der Waals surface area contributed by atoms with E-state index in [0.29, 0.717) is 17.0 Å². The lowest BCUT2D eigenvalue weighted by Crippen LogP contribution is -2.49. The first kappa shape index (κ1) is 25.7. The number of nitrogens with zero attached hydrogens (tertiary/aromatic N) is 2. The fraction of sp³-hybridized carbons (Fsp3) is 0.231. The van der Waals surface area contributed by atoms with Gasteiger partial charge in [0, 0.05) is 40.0 Å². The molecular weight excluding hydrogens is 492 g/mol. The van der Waals surface area contributed by atoms with Crippen LogP contribution in [0.5, 0.6) is 5.75 Å². The van der Waals surface area contributed by atoms with E-state index >= 15 is 0 Å². The molecule has 1 atom stereocenters. The molecule has 4 rings (SSSR count). The SMILES string of the molecule is COc1cccc(N(C(=O)c2snc(C(N)=O)c2N)C(C(=O)NC(C)(C)C)c2c[nH]c3ccccc23)c1. The predicted octanol–water partition coefficient (Wildman–Crippen LogP) is 3.62. The van der Waals surface area contributed by atoms with Gasteiger partial charge in [-0.05, 0) is 50.5 Å². The van der Waals surface area contributed by atoms with Gasteiger partial charge in [-0.15, -0.1) is 0 Å². The first-order chi connectivity index (χ1) is 17.5. The third kappa shape index (κ3) is 5.12. The van der Waals surface area contributed by atoms with Crippen LogP contribution in [0.4, 0.5) is 11.4 Å². The molecule has 2 heterocycles. The topological polar surface area (TPSA) is 156 Å². The number of carbonyl (C=O) groups is 3. The van der Waals surface area contributed by atoms with Gasteiger partial charge in [0.1, 0.15) is 16.7 Å². The summed E-state index contributed by atoms with van der Waals surface area (Å²) in [7, 11) is 1.51. The molecule has 0 fully saturated rings. The van der Waals surface area contributed by atoms with Crippen molar-refractivity contribution in [2.75, 3.05) is 17.7 Å². The van der Waals surface area contributed by atoms with Crippen LogP contribution < -0.4 is 26.4 Å². The van der Waals surface area contributed by atoms with Crippen LogP contribution in [-0.4, -0.2) is 39.7 Å². The molecule has 11 heteroatoms. The number of anilines is 2. The molecule has 192 valence electrons. The summed E-state index contributed by atoms with van der Waals surface area (Å²) >= 11 is 0.751. The van der Waals surface area contributed by atoms with E-state index in [1.54, 1.807) is 30.5 Å². The maximum absolute atomic E-state index is 14.2. The molecule has 0 aliphatic rings. The van der Waals surface area contributed by atoms with Gasteiger partial charge in [-0.3, -0.25) is 19.3 Å². The third-order valence-electron chi connectivity index (χ3n) is 5.63. The molecule has 3 amide bonds. The summed E-state index contributed by atoms with van der Waals surface area (Å²) in [6.45, 7) is 5.57. The highest BCUT2D eigenvalue weighted by Crippen LogP contribution is 2.37. The average Bonchev–Trinajstić information content (AvgIpc) is 3.44. The van der Waals surface area contributed by atoms with Gasteiger partial charge in [0.05, 0.1) is 12.8 Å².